The van der Waals surface area contributed by atoms with Gasteiger partial charge in [0, 0.05) is 12.4 Å². The topological polar surface area (TPSA) is 108 Å². The van der Waals surface area contributed by atoms with Crippen molar-refractivity contribution < 1.29 is 15.0 Å². The Labute approximate surface area is 213 Å². The van der Waals surface area contributed by atoms with Crippen molar-refractivity contribution in [2.24, 2.45) is 0 Å². The third kappa shape index (κ3) is 4.62. The number of rotatable bonds is 6. The monoisotopic (exact) mass is 500 g/mol. The second-order valence-corrected chi connectivity index (χ2v) is 10.6. The summed E-state index contributed by atoms with van der Waals surface area (Å²) in [5.74, 6) is 0.863. The van der Waals surface area contributed by atoms with Gasteiger partial charge < -0.3 is 15.5 Å². The molecule has 3 heterocycles. The third-order valence-corrected chi connectivity index (χ3v) is 7.74. The molecule has 7 nitrogen and oxygen atoms in total. The molecule has 3 aromatic heterocycles. The third-order valence-electron chi connectivity index (χ3n) is 6.57. The van der Waals surface area contributed by atoms with Crippen LogP contribution < -0.4 is 5.32 Å². The van der Waals surface area contributed by atoms with Crippen LogP contribution in [0.2, 0.25) is 0 Å². The summed E-state index contributed by atoms with van der Waals surface area (Å²) in [7, 11) is 0. The maximum absolute atomic E-state index is 11.7. The van der Waals surface area contributed by atoms with Crippen LogP contribution >= 0.6 is 11.3 Å². The van der Waals surface area contributed by atoms with Crippen molar-refractivity contribution in [2.75, 3.05) is 5.32 Å². The molecule has 0 amide bonds. The van der Waals surface area contributed by atoms with Gasteiger partial charge in [0.05, 0.1) is 16.1 Å². The van der Waals surface area contributed by atoms with Gasteiger partial charge in [0.25, 0.3) is 0 Å². The van der Waals surface area contributed by atoms with Crippen LogP contribution in [0, 0.1) is 6.92 Å². The van der Waals surface area contributed by atoms with E-state index in [-0.39, 0.29) is 5.56 Å². The second-order valence-electron chi connectivity index (χ2n) is 9.59. The Balaban J connectivity index is 1.46. The van der Waals surface area contributed by atoms with Crippen LogP contribution in [0.25, 0.3) is 10.6 Å². The second kappa shape index (κ2) is 9.44. The molecule has 5 rings (SSSR count). The average molecular weight is 501 g/mol. The predicted octanol–water partition coefficient (Wildman–Crippen LogP) is 6.05. The molecule has 3 N–H and O–H groups in total. The lowest BCUT2D eigenvalue weighted by molar-refractivity contribution is 0.0607. The first-order chi connectivity index (χ1) is 17.2. The van der Waals surface area contributed by atoms with Gasteiger partial charge in [-0.3, -0.25) is 0 Å². The van der Waals surface area contributed by atoms with E-state index in [0.717, 1.165) is 45.9 Å². The largest absolute Gasteiger partial charge is 0.478 e. The first-order valence-corrected chi connectivity index (χ1v) is 12.8. The molecule has 1 unspecified atom stereocenters. The maximum Gasteiger partial charge on any atom is 0.335 e. The number of aromatic carboxylic acids is 1. The first kappa shape index (κ1) is 24.1. The Morgan fingerprint density at radius 2 is 1.94 bits per heavy atom. The van der Waals surface area contributed by atoms with Crippen LogP contribution in [-0.4, -0.2) is 31.1 Å². The Morgan fingerprint density at radius 3 is 2.72 bits per heavy atom. The minimum Gasteiger partial charge on any atom is -0.478 e. The van der Waals surface area contributed by atoms with Gasteiger partial charge in [-0.15, -0.1) is 11.3 Å². The van der Waals surface area contributed by atoms with Gasteiger partial charge in [0.15, 0.2) is 0 Å². The number of nitrogens with zero attached hydrogens (tertiary/aromatic N) is 3. The Bertz CT molecular complexity index is 1450. The zero-order chi connectivity index (χ0) is 25.4. The molecule has 0 spiro atoms. The lowest BCUT2D eigenvalue weighted by Crippen LogP contribution is -2.32. The quantitative estimate of drug-likeness (QED) is 0.296. The number of fused-ring (bicyclic) bond motifs is 1. The minimum atomic E-state index is -1.25. The molecule has 8 heteroatoms. The summed E-state index contributed by atoms with van der Waals surface area (Å²) >= 11 is 1.41. The van der Waals surface area contributed by atoms with E-state index in [0.29, 0.717) is 23.2 Å². The van der Waals surface area contributed by atoms with Gasteiger partial charge >= 0.3 is 5.97 Å². The van der Waals surface area contributed by atoms with Gasteiger partial charge in [0.1, 0.15) is 22.2 Å². The van der Waals surface area contributed by atoms with Gasteiger partial charge in [-0.2, -0.15) is 0 Å². The number of pyridine rings is 2. The van der Waals surface area contributed by atoms with E-state index in [4.69, 9.17) is 4.98 Å². The van der Waals surface area contributed by atoms with Crippen LogP contribution in [-0.2, 0) is 12.0 Å². The summed E-state index contributed by atoms with van der Waals surface area (Å²) in [6, 6.07) is 13.0. The van der Waals surface area contributed by atoms with Crippen molar-refractivity contribution in [3.63, 3.8) is 0 Å². The number of carboxylic acid groups (broad SMARTS) is 1. The summed E-state index contributed by atoms with van der Waals surface area (Å²) in [6.45, 7) is 6.31. The van der Waals surface area contributed by atoms with Crippen LogP contribution in [0.4, 0.5) is 11.6 Å². The zero-order valence-corrected chi connectivity index (χ0v) is 21.3. The van der Waals surface area contributed by atoms with E-state index >= 15 is 0 Å². The Hall–Kier alpha value is -3.62. The summed E-state index contributed by atoms with van der Waals surface area (Å²) in [6.07, 6.45) is 5.57. The van der Waals surface area contributed by atoms with E-state index in [1.807, 2.05) is 31.2 Å². The molecule has 0 radical (unpaired) electrons. The molecule has 0 fully saturated rings. The van der Waals surface area contributed by atoms with Gasteiger partial charge in [-0.25, -0.2) is 19.7 Å². The molecule has 184 valence electrons. The van der Waals surface area contributed by atoms with E-state index in [9.17, 15) is 15.0 Å². The fraction of sp³-hybridized carbons (Fsp3) is 0.286. The molecule has 4 aromatic rings. The van der Waals surface area contributed by atoms with Crippen molar-refractivity contribution in [1.29, 1.82) is 0 Å². The van der Waals surface area contributed by atoms with E-state index in [1.54, 1.807) is 30.6 Å². The lowest BCUT2D eigenvalue weighted by Gasteiger charge is -2.33. The summed E-state index contributed by atoms with van der Waals surface area (Å²) in [5.41, 5.74) is 3.58. The molecule has 0 bridgehead atoms. The molecule has 1 aromatic carbocycles. The van der Waals surface area contributed by atoms with E-state index in [1.165, 1.54) is 16.9 Å². The average Bonchev–Trinajstić information content (AvgIpc) is 3.35. The highest BCUT2D eigenvalue weighted by molar-refractivity contribution is 7.15. The van der Waals surface area contributed by atoms with Crippen LogP contribution in [0.15, 0.2) is 54.9 Å². The number of anilines is 2. The number of carboxylic acids is 1. The minimum absolute atomic E-state index is 0.232. The fourth-order valence-electron chi connectivity index (χ4n) is 4.68. The number of carbonyl (C=O) groups is 1. The Morgan fingerprint density at radius 1 is 1.11 bits per heavy atom. The van der Waals surface area contributed by atoms with Crippen LogP contribution in [0.3, 0.4) is 0 Å². The molecular weight excluding hydrogens is 472 g/mol. The predicted molar refractivity (Wildman–Crippen MR) is 141 cm³/mol. The van der Waals surface area contributed by atoms with Gasteiger partial charge in [0.2, 0.25) is 0 Å². The Kier molecular flexibility index (Phi) is 6.32. The first-order valence-electron chi connectivity index (χ1n) is 12.0. The van der Waals surface area contributed by atoms with E-state index < -0.39 is 11.6 Å². The molecule has 1 aliphatic rings. The number of aliphatic hydroxyl groups is 1. The van der Waals surface area contributed by atoms with Gasteiger partial charge in [-0.1, -0.05) is 19.9 Å². The number of aromatic nitrogens is 3. The molecule has 1 aliphatic carbocycles. The summed E-state index contributed by atoms with van der Waals surface area (Å²) in [4.78, 5) is 26.1. The molecule has 0 aliphatic heterocycles. The summed E-state index contributed by atoms with van der Waals surface area (Å²) < 4.78 is 0. The number of aryl methyl sites for hydroxylation is 2. The summed E-state index contributed by atoms with van der Waals surface area (Å²) in [5, 5.41) is 25.0. The lowest BCUT2D eigenvalue weighted by atomic mass is 9.79. The standard InChI is InChI=1S/C28H28N4O3S/c1-16(2)18-8-10-29-24(14-18)32-25-12-17(3)11-22(31-25)23-15-30-27(36-23)28(35)9-4-5-19-13-20(26(33)34)6-7-21(19)28/h6-8,10-16,35H,4-5,9H2,1-3H3,(H,33,34)(H,29,31,32). The number of thiazole rings is 1. The number of benzene rings is 1. The number of nitrogens with one attached hydrogen (secondary N) is 1. The molecular formula is C28H28N4O3S. The number of hydrogen-bond donors (Lipinski definition) is 3. The molecule has 0 saturated heterocycles. The highest BCUT2D eigenvalue weighted by atomic mass is 32.1. The van der Waals surface area contributed by atoms with Gasteiger partial charge in [-0.05, 0) is 90.8 Å². The van der Waals surface area contributed by atoms with Crippen molar-refractivity contribution in [1.82, 2.24) is 15.0 Å². The van der Waals surface area contributed by atoms with Crippen molar-refractivity contribution in [2.45, 2.75) is 51.6 Å². The molecule has 36 heavy (non-hydrogen) atoms. The molecule has 1 atom stereocenters. The van der Waals surface area contributed by atoms with Crippen molar-refractivity contribution in [3.05, 3.63) is 87.7 Å². The zero-order valence-electron chi connectivity index (χ0n) is 20.4. The normalized spacial score (nSPS) is 17.1. The highest BCUT2D eigenvalue weighted by Gasteiger charge is 2.39. The smallest absolute Gasteiger partial charge is 0.335 e. The fourth-order valence-corrected chi connectivity index (χ4v) is 5.68. The van der Waals surface area contributed by atoms with Crippen molar-refractivity contribution in [3.8, 4) is 10.6 Å². The van der Waals surface area contributed by atoms with Crippen LogP contribution in [0.5, 0.6) is 0 Å². The SMILES string of the molecule is Cc1cc(Nc2cc(C(C)C)ccn2)nc(-c2cnc(C3(O)CCCc4cc(C(=O)O)ccc43)s2)c1. The maximum atomic E-state index is 11.7. The van der Waals surface area contributed by atoms with Crippen LogP contribution in [0.1, 0.15) is 70.2 Å². The molecule has 0 saturated carbocycles. The highest BCUT2D eigenvalue weighted by Crippen LogP contribution is 2.43. The van der Waals surface area contributed by atoms with Crippen molar-refractivity contribution >= 4 is 28.9 Å². The number of hydrogen-bond acceptors (Lipinski definition) is 7. The van der Waals surface area contributed by atoms with E-state index in [2.05, 4.69) is 29.1 Å².